The molecule has 0 unspecified atom stereocenters. The second-order valence-electron chi connectivity index (χ2n) is 3.16. The molecule has 0 saturated carbocycles. The van der Waals surface area contributed by atoms with E-state index in [1.807, 2.05) is 10.9 Å². The summed E-state index contributed by atoms with van der Waals surface area (Å²) >= 11 is 0. The van der Waals surface area contributed by atoms with Gasteiger partial charge in [0.05, 0.1) is 0 Å². The Morgan fingerprint density at radius 3 is 2.00 bits per heavy atom. The predicted octanol–water partition coefficient (Wildman–Crippen LogP) is 0.445. The first-order valence-electron chi connectivity index (χ1n) is 3.63. The van der Waals surface area contributed by atoms with Gasteiger partial charge in [-0.3, -0.25) is 20.4 Å². The molecular weight excluding hydrogens is 182 g/mol. The van der Waals surface area contributed by atoms with Crippen LogP contribution in [-0.4, -0.2) is 18.2 Å². The van der Waals surface area contributed by atoms with Crippen molar-refractivity contribution in [1.82, 2.24) is 10.9 Å². The fourth-order valence-electron chi connectivity index (χ4n) is 0.405. The lowest BCUT2D eigenvalue weighted by molar-refractivity contribution is -0.140. The van der Waals surface area contributed by atoms with Gasteiger partial charge < -0.3 is 0 Å². The van der Waals surface area contributed by atoms with E-state index in [1.54, 1.807) is 0 Å². The molecular formula is C7H12F2N2O2. The average Bonchev–Trinajstić information content (AvgIpc) is 1.99. The van der Waals surface area contributed by atoms with Crippen LogP contribution in [0.25, 0.3) is 0 Å². The van der Waals surface area contributed by atoms with Crippen molar-refractivity contribution >= 4 is 11.8 Å². The third-order valence-electron chi connectivity index (χ3n) is 1.48. The molecule has 0 bridgehead atoms. The highest BCUT2D eigenvalue weighted by Gasteiger charge is 2.37. The number of amides is 2. The Bertz CT molecular complexity index is 217. The summed E-state index contributed by atoms with van der Waals surface area (Å²) in [6.07, 6.45) is -2.78. The second kappa shape index (κ2) is 4.15. The molecule has 0 heterocycles. The van der Waals surface area contributed by atoms with E-state index in [0.29, 0.717) is 0 Å². The monoisotopic (exact) mass is 194 g/mol. The normalized spacial score (nSPS) is 11.2. The molecule has 0 rings (SSSR count). The largest absolute Gasteiger partial charge is 0.274 e. The second-order valence-corrected chi connectivity index (χ2v) is 3.16. The van der Waals surface area contributed by atoms with Crippen LogP contribution in [0.4, 0.5) is 8.78 Å². The zero-order chi connectivity index (χ0) is 10.6. The molecule has 4 nitrogen and oxygen atoms in total. The minimum atomic E-state index is -2.78. The first-order valence-corrected chi connectivity index (χ1v) is 3.63. The zero-order valence-corrected chi connectivity index (χ0v) is 7.65. The molecule has 0 radical (unpaired) electrons. The van der Waals surface area contributed by atoms with Crippen molar-refractivity contribution in [3.8, 4) is 0 Å². The van der Waals surface area contributed by atoms with E-state index >= 15 is 0 Å². The van der Waals surface area contributed by atoms with Gasteiger partial charge in [0.2, 0.25) is 11.8 Å². The standard InChI is InChI=1S/C7H12F2N2O2/c1-4(12)10-11-6(13)7(2,3)5(8)9/h5H,1-3H3,(H,10,12)(H,11,13). The lowest BCUT2D eigenvalue weighted by atomic mass is 9.93. The topological polar surface area (TPSA) is 58.2 Å². The smallest absolute Gasteiger partial charge is 0.252 e. The van der Waals surface area contributed by atoms with E-state index in [4.69, 9.17) is 0 Å². The number of alkyl halides is 2. The summed E-state index contributed by atoms with van der Waals surface area (Å²) in [6, 6.07) is 0. The molecule has 0 aromatic rings. The molecule has 0 spiro atoms. The van der Waals surface area contributed by atoms with Crippen LogP contribution in [0.15, 0.2) is 0 Å². The van der Waals surface area contributed by atoms with Crippen molar-refractivity contribution in [3.63, 3.8) is 0 Å². The lowest BCUT2D eigenvalue weighted by Crippen LogP contribution is -2.49. The summed E-state index contributed by atoms with van der Waals surface area (Å²) in [4.78, 5) is 21.3. The van der Waals surface area contributed by atoms with Crippen LogP contribution in [-0.2, 0) is 9.59 Å². The molecule has 0 aromatic carbocycles. The van der Waals surface area contributed by atoms with Crippen LogP contribution in [0.2, 0.25) is 0 Å². The first kappa shape index (κ1) is 11.8. The van der Waals surface area contributed by atoms with Gasteiger partial charge >= 0.3 is 0 Å². The molecule has 0 aliphatic rings. The number of rotatable bonds is 2. The SMILES string of the molecule is CC(=O)NNC(=O)C(C)(C)C(F)F. The molecule has 6 heteroatoms. The average molecular weight is 194 g/mol. The molecule has 0 aliphatic carbocycles. The van der Waals surface area contributed by atoms with Crippen molar-refractivity contribution in [2.24, 2.45) is 5.41 Å². The summed E-state index contributed by atoms with van der Waals surface area (Å²) < 4.78 is 24.4. The molecule has 2 N–H and O–H groups in total. The first-order chi connectivity index (χ1) is 5.78. The summed E-state index contributed by atoms with van der Waals surface area (Å²) in [5.74, 6) is -1.43. The van der Waals surface area contributed by atoms with Gasteiger partial charge in [0.15, 0.2) is 0 Å². The maximum Gasteiger partial charge on any atom is 0.252 e. The van der Waals surface area contributed by atoms with E-state index in [0.717, 1.165) is 20.8 Å². The van der Waals surface area contributed by atoms with Crippen LogP contribution in [0.5, 0.6) is 0 Å². The predicted molar refractivity (Wildman–Crippen MR) is 41.7 cm³/mol. The highest BCUT2D eigenvalue weighted by atomic mass is 19.3. The molecule has 0 saturated heterocycles. The van der Waals surface area contributed by atoms with Gasteiger partial charge in [0, 0.05) is 6.92 Å². The third kappa shape index (κ3) is 3.35. The Hall–Kier alpha value is -1.20. The minimum absolute atomic E-state index is 0.515. The number of hydrogen-bond acceptors (Lipinski definition) is 2. The van der Waals surface area contributed by atoms with Crippen LogP contribution in [0.1, 0.15) is 20.8 Å². The maximum atomic E-state index is 12.2. The number of halogens is 2. The quantitative estimate of drug-likeness (QED) is 0.627. The Morgan fingerprint density at radius 2 is 1.69 bits per heavy atom. The fraction of sp³-hybridized carbons (Fsp3) is 0.714. The van der Waals surface area contributed by atoms with E-state index in [2.05, 4.69) is 0 Å². The Balaban J connectivity index is 4.18. The van der Waals surface area contributed by atoms with Gasteiger partial charge in [-0.15, -0.1) is 0 Å². The molecule has 0 aromatic heterocycles. The summed E-state index contributed by atoms with van der Waals surface area (Å²) in [5, 5.41) is 0. The van der Waals surface area contributed by atoms with Gasteiger partial charge in [-0.1, -0.05) is 0 Å². The molecule has 0 aliphatic heterocycles. The fourth-order valence-corrected chi connectivity index (χ4v) is 0.405. The summed E-state index contributed by atoms with van der Waals surface area (Å²) in [7, 11) is 0. The van der Waals surface area contributed by atoms with E-state index < -0.39 is 23.7 Å². The Labute approximate surface area is 74.7 Å². The molecule has 0 fully saturated rings. The molecule has 76 valence electrons. The van der Waals surface area contributed by atoms with Crippen molar-refractivity contribution in [3.05, 3.63) is 0 Å². The van der Waals surface area contributed by atoms with Gasteiger partial charge in [-0.05, 0) is 13.8 Å². The van der Waals surface area contributed by atoms with E-state index in [9.17, 15) is 18.4 Å². The summed E-state index contributed by atoms with van der Waals surface area (Å²) in [6.45, 7) is 3.35. The molecule has 0 atom stereocenters. The highest BCUT2D eigenvalue weighted by Crippen LogP contribution is 2.24. The highest BCUT2D eigenvalue weighted by molar-refractivity contribution is 5.84. The minimum Gasteiger partial charge on any atom is -0.274 e. The number of carbonyl (C=O) groups is 2. The number of hydrazine groups is 1. The van der Waals surface area contributed by atoms with Crippen molar-refractivity contribution in [2.45, 2.75) is 27.2 Å². The van der Waals surface area contributed by atoms with Crippen LogP contribution in [0.3, 0.4) is 0 Å². The summed E-state index contributed by atoms with van der Waals surface area (Å²) in [5.41, 5.74) is 2.02. The van der Waals surface area contributed by atoms with Gasteiger partial charge in [-0.25, -0.2) is 8.78 Å². The van der Waals surface area contributed by atoms with E-state index in [1.165, 1.54) is 0 Å². The molecule has 2 amide bonds. The number of carbonyl (C=O) groups excluding carboxylic acids is 2. The number of hydrogen-bond donors (Lipinski definition) is 2. The lowest BCUT2D eigenvalue weighted by Gasteiger charge is -2.21. The van der Waals surface area contributed by atoms with Gasteiger partial charge in [0.25, 0.3) is 6.43 Å². The van der Waals surface area contributed by atoms with Gasteiger partial charge in [-0.2, -0.15) is 0 Å². The van der Waals surface area contributed by atoms with Crippen LogP contribution >= 0.6 is 0 Å². The van der Waals surface area contributed by atoms with Crippen molar-refractivity contribution in [2.75, 3.05) is 0 Å². The number of nitrogens with one attached hydrogen (secondary N) is 2. The zero-order valence-electron chi connectivity index (χ0n) is 7.65. The van der Waals surface area contributed by atoms with Crippen molar-refractivity contribution < 1.29 is 18.4 Å². The molecule has 13 heavy (non-hydrogen) atoms. The third-order valence-corrected chi connectivity index (χ3v) is 1.48. The Kier molecular flexibility index (Phi) is 3.77. The van der Waals surface area contributed by atoms with E-state index in [-0.39, 0.29) is 0 Å². The Morgan fingerprint density at radius 1 is 1.23 bits per heavy atom. The van der Waals surface area contributed by atoms with Crippen LogP contribution in [0, 0.1) is 5.41 Å². The van der Waals surface area contributed by atoms with Crippen LogP contribution < -0.4 is 10.9 Å². The maximum absolute atomic E-state index is 12.2. The van der Waals surface area contributed by atoms with Crippen molar-refractivity contribution in [1.29, 1.82) is 0 Å². The van der Waals surface area contributed by atoms with Gasteiger partial charge in [0.1, 0.15) is 5.41 Å².